The van der Waals surface area contributed by atoms with E-state index in [4.69, 9.17) is 10.00 Å². The minimum absolute atomic E-state index is 0.0421. The highest BCUT2D eigenvalue weighted by molar-refractivity contribution is 5.59. The third-order valence-electron chi connectivity index (χ3n) is 2.88. The van der Waals surface area contributed by atoms with E-state index in [1.165, 1.54) is 0 Å². The van der Waals surface area contributed by atoms with Crippen molar-refractivity contribution in [3.8, 4) is 11.8 Å². The molecule has 1 N–H and O–H groups in total. The fourth-order valence-electron chi connectivity index (χ4n) is 1.85. The van der Waals surface area contributed by atoms with Gasteiger partial charge in [0, 0.05) is 6.42 Å². The van der Waals surface area contributed by atoms with Gasteiger partial charge < -0.3 is 14.6 Å². The first-order valence-corrected chi connectivity index (χ1v) is 4.97. The van der Waals surface area contributed by atoms with E-state index in [2.05, 4.69) is 0 Å². The highest BCUT2D eigenvalue weighted by Gasteiger charge is 2.42. The SMILES string of the molecule is N#CC1(C(O)C=O)COc2ccccc2C1. The van der Waals surface area contributed by atoms with Crippen molar-refractivity contribution in [2.24, 2.45) is 5.41 Å². The van der Waals surface area contributed by atoms with Crippen LogP contribution < -0.4 is 4.74 Å². The minimum atomic E-state index is -1.31. The van der Waals surface area contributed by atoms with Gasteiger partial charge in [-0.1, -0.05) is 18.2 Å². The molecule has 1 aromatic carbocycles. The summed E-state index contributed by atoms with van der Waals surface area (Å²) in [6.45, 7) is 0.0421. The minimum Gasteiger partial charge on any atom is -0.492 e. The standard InChI is InChI=1S/C12H11NO3/c13-7-12(11(15)6-14)5-9-3-1-2-4-10(9)16-8-12/h1-4,6,11,15H,5,8H2. The summed E-state index contributed by atoms with van der Waals surface area (Å²) in [7, 11) is 0. The Balaban J connectivity index is 2.36. The van der Waals surface area contributed by atoms with Gasteiger partial charge in [0.1, 0.15) is 30.2 Å². The van der Waals surface area contributed by atoms with E-state index in [9.17, 15) is 9.90 Å². The number of hydrogen-bond acceptors (Lipinski definition) is 4. The molecule has 2 rings (SSSR count). The van der Waals surface area contributed by atoms with Gasteiger partial charge in [-0.15, -0.1) is 0 Å². The molecular formula is C12H11NO3. The molecule has 0 saturated carbocycles. The number of aliphatic hydroxyl groups is 1. The molecule has 0 aromatic heterocycles. The Hall–Kier alpha value is -1.86. The summed E-state index contributed by atoms with van der Waals surface area (Å²) in [5.41, 5.74) is -0.313. The van der Waals surface area contributed by atoms with Gasteiger partial charge in [0.2, 0.25) is 0 Å². The zero-order valence-electron chi connectivity index (χ0n) is 8.59. The molecule has 1 aliphatic rings. The van der Waals surface area contributed by atoms with Gasteiger partial charge in [-0.2, -0.15) is 5.26 Å². The maximum atomic E-state index is 10.6. The predicted molar refractivity (Wildman–Crippen MR) is 55.8 cm³/mol. The third kappa shape index (κ3) is 1.55. The van der Waals surface area contributed by atoms with E-state index in [1.807, 2.05) is 30.3 Å². The number of fused-ring (bicyclic) bond motifs is 1. The van der Waals surface area contributed by atoms with Gasteiger partial charge in [-0.25, -0.2) is 0 Å². The second kappa shape index (κ2) is 3.95. The van der Waals surface area contributed by atoms with Crippen molar-refractivity contribution in [3.63, 3.8) is 0 Å². The maximum Gasteiger partial charge on any atom is 0.150 e. The molecule has 4 heteroatoms. The first-order valence-electron chi connectivity index (χ1n) is 4.97. The van der Waals surface area contributed by atoms with E-state index in [0.29, 0.717) is 18.5 Å². The topological polar surface area (TPSA) is 70.3 Å². The molecule has 4 nitrogen and oxygen atoms in total. The van der Waals surface area contributed by atoms with Gasteiger partial charge in [0.25, 0.3) is 0 Å². The lowest BCUT2D eigenvalue weighted by atomic mass is 9.77. The molecule has 1 aromatic rings. The maximum absolute atomic E-state index is 10.6. The molecule has 0 bridgehead atoms. The summed E-state index contributed by atoms with van der Waals surface area (Å²) < 4.78 is 5.41. The number of benzene rings is 1. The lowest BCUT2D eigenvalue weighted by Gasteiger charge is -2.33. The van der Waals surface area contributed by atoms with Crippen LogP contribution in [0.25, 0.3) is 0 Å². The number of carbonyl (C=O) groups is 1. The van der Waals surface area contributed by atoms with Crippen LogP contribution in [0.3, 0.4) is 0 Å². The summed E-state index contributed by atoms with van der Waals surface area (Å²) in [6, 6.07) is 9.32. The number of rotatable bonds is 2. The Morgan fingerprint density at radius 1 is 1.56 bits per heavy atom. The van der Waals surface area contributed by atoms with Crippen LogP contribution in [0.5, 0.6) is 5.75 Å². The van der Waals surface area contributed by atoms with Crippen LogP contribution in [0.2, 0.25) is 0 Å². The van der Waals surface area contributed by atoms with Crippen molar-refractivity contribution in [2.45, 2.75) is 12.5 Å². The van der Waals surface area contributed by atoms with Gasteiger partial charge in [-0.3, -0.25) is 0 Å². The van der Waals surface area contributed by atoms with E-state index in [1.54, 1.807) is 0 Å². The average molecular weight is 217 g/mol. The van der Waals surface area contributed by atoms with Crippen LogP contribution in [0.15, 0.2) is 24.3 Å². The van der Waals surface area contributed by atoms with Crippen molar-refractivity contribution in [1.29, 1.82) is 5.26 Å². The molecule has 16 heavy (non-hydrogen) atoms. The molecule has 0 radical (unpaired) electrons. The third-order valence-corrected chi connectivity index (χ3v) is 2.88. The molecular weight excluding hydrogens is 206 g/mol. The number of nitrogens with zero attached hydrogens (tertiary/aromatic N) is 1. The zero-order valence-corrected chi connectivity index (χ0v) is 8.59. The molecule has 0 fully saturated rings. The Kier molecular flexibility index (Phi) is 2.63. The summed E-state index contributed by atoms with van der Waals surface area (Å²) in [4.78, 5) is 10.6. The average Bonchev–Trinajstić information content (AvgIpc) is 2.37. The van der Waals surface area contributed by atoms with Crippen LogP contribution in [0.4, 0.5) is 0 Å². The van der Waals surface area contributed by atoms with E-state index < -0.39 is 11.5 Å². The molecule has 0 aliphatic carbocycles. The molecule has 2 unspecified atom stereocenters. The van der Waals surface area contributed by atoms with Crippen molar-refractivity contribution in [3.05, 3.63) is 29.8 Å². The monoisotopic (exact) mass is 217 g/mol. The molecule has 0 amide bonds. The van der Waals surface area contributed by atoms with E-state index in [0.717, 1.165) is 5.56 Å². The van der Waals surface area contributed by atoms with E-state index >= 15 is 0 Å². The summed E-state index contributed by atoms with van der Waals surface area (Å²) in [5, 5.41) is 18.7. The number of hydrogen-bond donors (Lipinski definition) is 1. The number of aldehydes is 1. The van der Waals surface area contributed by atoms with Crippen LogP contribution in [0, 0.1) is 16.7 Å². The highest BCUT2D eigenvalue weighted by atomic mass is 16.5. The van der Waals surface area contributed by atoms with Crippen molar-refractivity contribution in [2.75, 3.05) is 6.61 Å². The largest absolute Gasteiger partial charge is 0.492 e. The van der Waals surface area contributed by atoms with Crippen molar-refractivity contribution < 1.29 is 14.6 Å². The predicted octanol–water partition coefficient (Wildman–Crippen LogP) is 0.691. The number of ether oxygens (including phenoxy) is 1. The smallest absolute Gasteiger partial charge is 0.150 e. The first-order chi connectivity index (χ1) is 7.72. The normalized spacial score (nSPS) is 24.8. The molecule has 1 aliphatic heterocycles. The van der Waals surface area contributed by atoms with Crippen molar-refractivity contribution >= 4 is 6.29 Å². The fraction of sp³-hybridized carbons (Fsp3) is 0.333. The lowest BCUT2D eigenvalue weighted by Crippen LogP contribution is -2.44. The van der Waals surface area contributed by atoms with Crippen molar-refractivity contribution in [1.82, 2.24) is 0 Å². The lowest BCUT2D eigenvalue weighted by molar-refractivity contribution is -0.120. The van der Waals surface area contributed by atoms with Gasteiger partial charge in [0.05, 0.1) is 6.07 Å². The summed E-state index contributed by atoms with van der Waals surface area (Å²) >= 11 is 0. The van der Waals surface area contributed by atoms with Crippen LogP contribution in [0.1, 0.15) is 5.56 Å². The molecule has 0 saturated heterocycles. The summed E-state index contributed by atoms with van der Waals surface area (Å²) in [6.07, 6.45) is -0.592. The molecule has 1 heterocycles. The molecule has 2 atom stereocenters. The number of carbonyl (C=O) groups excluding carboxylic acids is 1. The van der Waals surface area contributed by atoms with Gasteiger partial charge in [-0.05, 0) is 11.6 Å². The quantitative estimate of drug-likeness (QED) is 0.740. The van der Waals surface area contributed by atoms with E-state index in [-0.39, 0.29) is 6.61 Å². The Morgan fingerprint density at radius 2 is 2.31 bits per heavy atom. The Bertz CT molecular complexity index is 452. The van der Waals surface area contributed by atoms with Crippen LogP contribution >= 0.6 is 0 Å². The van der Waals surface area contributed by atoms with Crippen LogP contribution in [-0.2, 0) is 11.2 Å². The number of aliphatic hydroxyl groups excluding tert-OH is 1. The molecule has 82 valence electrons. The zero-order chi connectivity index (χ0) is 11.6. The number of nitriles is 1. The fourth-order valence-corrected chi connectivity index (χ4v) is 1.85. The first kappa shape index (κ1) is 10.7. The highest BCUT2D eigenvalue weighted by Crippen LogP contribution is 2.35. The van der Waals surface area contributed by atoms with Gasteiger partial charge in [0.15, 0.2) is 0 Å². The Labute approximate surface area is 93.1 Å². The summed E-state index contributed by atoms with van der Waals surface area (Å²) in [5.74, 6) is 0.714. The Morgan fingerprint density at radius 3 is 3.00 bits per heavy atom. The van der Waals surface area contributed by atoms with Crippen LogP contribution in [-0.4, -0.2) is 24.1 Å². The second-order valence-electron chi connectivity index (χ2n) is 3.92. The van der Waals surface area contributed by atoms with Gasteiger partial charge >= 0.3 is 0 Å². The molecule has 0 spiro atoms. The second-order valence-corrected chi connectivity index (χ2v) is 3.92. The number of para-hydroxylation sites is 1.